The molecule has 0 fully saturated rings. The molecule has 0 saturated carbocycles. The lowest BCUT2D eigenvalue weighted by molar-refractivity contribution is 0.735. The van der Waals surface area contributed by atoms with E-state index in [0.29, 0.717) is 0 Å². The molecule has 2 rings (SSSR count). The van der Waals surface area contributed by atoms with Crippen LogP contribution in [-0.2, 0) is 12.8 Å². The van der Waals surface area contributed by atoms with Crippen LogP contribution in [0.4, 0.5) is 5.82 Å². The Morgan fingerprint density at radius 3 is 2.79 bits per heavy atom. The zero-order valence-electron chi connectivity index (χ0n) is 11.5. The fourth-order valence-corrected chi connectivity index (χ4v) is 2.68. The maximum atomic E-state index is 5.79. The molecule has 2 heterocycles. The SMILES string of the molecule is CC(N)Cc1ccc(N(C)CCc2cccs2)nc1. The van der Waals surface area contributed by atoms with Gasteiger partial charge in [0, 0.05) is 30.7 Å². The number of pyridine rings is 1. The van der Waals surface area contributed by atoms with Crippen LogP contribution in [0.25, 0.3) is 0 Å². The molecule has 0 bridgehead atoms. The summed E-state index contributed by atoms with van der Waals surface area (Å²) >= 11 is 1.81. The normalized spacial score (nSPS) is 12.4. The molecule has 0 spiro atoms. The summed E-state index contributed by atoms with van der Waals surface area (Å²) in [5.41, 5.74) is 6.99. The highest BCUT2D eigenvalue weighted by atomic mass is 32.1. The van der Waals surface area contributed by atoms with E-state index in [0.717, 1.165) is 25.2 Å². The van der Waals surface area contributed by atoms with Crippen molar-refractivity contribution in [2.45, 2.75) is 25.8 Å². The second-order valence-corrected chi connectivity index (χ2v) is 5.99. The van der Waals surface area contributed by atoms with Crippen molar-refractivity contribution in [3.8, 4) is 0 Å². The van der Waals surface area contributed by atoms with Gasteiger partial charge < -0.3 is 10.6 Å². The smallest absolute Gasteiger partial charge is 0.128 e. The molecule has 2 N–H and O–H groups in total. The predicted octanol–water partition coefficient (Wildman–Crippen LogP) is 2.71. The van der Waals surface area contributed by atoms with Gasteiger partial charge in [0.05, 0.1) is 0 Å². The van der Waals surface area contributed by atoms with Gasteiger partial charge in [-0.05, 0) is 42.8 Å². The van der Waals surface area contributed by atoms with Gasteiger partial charge in [0.1, 0.15) is 5.82 Å². The number of likely N-dealkylation sites (N-methyl/N-ethyl adjacent to an activating group) is 1. The van der Waals surface area contributed by atoms with Crippen LogP contribution in [0.5, 0.6) is 0 Å². The Morgan fingerprint density at radius 1 is 1.37 bits per heavy atom. The first-order valence-electron chi connectivity index (χ1n) is 6.59. The summed E-state index contributed by atoms with van der Waals surface area (Å²) in [6.07, 6.45) is 3.88. The highest BCUT2D eigenvalue weighted by molar-refractivity contribution is 7.09. The molecule has 0 aromatic carbocycles. The van der Waals surface area contributed by atoms with Gasteiger partial charge in [-0.2, -0.15) is 0 Å². The van der Waals surface area contributed by atoms with Crippen LogP contribution in [-0.4, -0.2) is 24.6 Å². The first-order valence-corrected chi connectivity index (χ1v) is 7.47. The maximum Gasteiger partial charge on any atom is 0.128 e. The molecule has 2 aromatic heterocycles. The Bertz CT molecular complexity index is 477. The molecule has 1 atom stereocenters. The number of nitrogens with two attached hydrogens (primary N) is 1. The zero-order chi connectivity index (χ0) is 13.7. The first kappa shape index (κ1) is 14.0. The van der Waals surface area contributed by atoms with Crippen LogP contribution in [0.2, 0.25) is 0 Å². The van der Waals surface area contributed by atoms with Gasteiger partial charge in [-0.1, -0.05) is 12.1 Å². The minimum Gasteiger partial charge on any atom is -0.359 e. The van der Waals surface area contributed by atoms with Crippen molar-refractivity contribution in [2.24, 2.45) is 5.73 Å². The second kappa shape index (κ2) is 6.68. The van der Waals surface area contributed by atoms with E-state index in [2.05, 4.69) is 46.6 Å². The number of nitrogens with zero attached hydrogens (tertiary/aromatic N) is 2. The van der Waals surface area contributed by atoms with Gasteiger partial charge >= 0.3 is 0 Å². The summed E-state index contributed by atoms with van der Waals surface area (Å²) in [4.78, 5) is 8.11. The van der Waals surface area contributed by atoms with E-state index >= 15 is 0 Å². The highest BCUT2D eigenvalue weighted by Gasteiger charge is 2.04. The number of thiophene rings is 1. The van der Waals surface area contributed by atoms with E-state index in [1.54, 1.807) is 0 Å². The molecule has 0 amide bonds. The maximum absolute atomic E-state index is 5.79. The van der Waals surface area contributed by atoms with E-state index in [9.17, 15) is 0 Å². The summed E-state index contributed by atoms with van der Waals surface area (Å²) in [5, 5.41) is 2.12. The van der Waals surface area contributed by atoms with Crippen molar-refractivity contribution in [3.05, 3.63) is 46.3 Å². The van der Waals surface area contributed by atoms with E-state index in [4.69, 9.17) is 5.73 Å². The van der Waals surface area contributed by atoms with Crippen LogP contribution >= 0.6 is 11.3 Å². The topological polar surface area (TPSA) is 42.1 Å². The molecule has 0 aliphatic carbocycles. The van der Waals surface area contributed by atoms with Crippen LogP contribution in [0, 0.1) is 0 Å². The molecule has 3 nitrogen and oxygen atoms in total. The fraction of sp³-hybridized carbons (Fsp3) is 0.400. The van der Waals surface area contributed by atoms with Crippen LogP contribution in [0.1, 0.15) is 17.4 Å². The molecule has 0 aliphatic heterocycles. The number of rotatable bonds is 6. The van der Waals surface area contributed by atoms with Crippen LogP contribution in [0.15, 0.2) is 35.8 Å². The number of hydrogen-bond acceptors (Lipinski definition) is 4. The molecular weight excluding hydrogens is 254 g/mol. The third kappa shape index (κ3) is 4.33. The van der Waals surface area contributed by atoms with E-state index in [-0.39, 0.29) is 6.04 Å². The number of anilines is 1. The summed E-state index contributed by atoms with van der Waals surface area (Å²) in [5.74, 6) is 1.02. The minimum atomic E-state index is 0.184. The lowest BCUT2D eigenvalue weighted by Crippen LogP contribution is -2.21. The minimum absolute atomic E-state index is 0.184. The van der Waals surface area contributed by atoms with Crippen LogP contribution < -0.4 is 10.6 Å². The molecule has 0 aliphatic rings. The van der Waals surface area contributed by atoms with E-state index in [1.165, 1.54) is 10.4 Å². The zero-order valence-corrected chi connectivity index (χ0v) is 12.4. The first-order chi connectivity index (χ1) is 9.15. The standard InChI is InChI=1S/C15H21N3S/c1-12(16)10-13-5-6-15(17-11-13)18(2)8-7-14-4-3-9-19-14/h3-6,9,11-12H,7-8,10,16H2,1-2H3. The number of hydrogen-bond donors (Lipinski definition) is 1. The van der Waals surface area contributed by atoms with Gasteiger partial charge in [0.25, 0.3) is 0 Å². The molecule has 102 valence electrons. The van der Waals surface area contributed by atoms with Gasteiger partial charge in [-0.3, -0.25) is 0 Å². The molecule has 1 unspecified atom stereocenters. The Labute approximate surface area is 119 Å². The van der Waals surface area contributed by atoms with Crippen molar-refractivity contribution >= 4 is 17.2 Å². The summed E-state index contributed by atoms with van der Waals surface area (Å²) < 4.78 is 0. The Balaban J connectivity index is 1.90. The second-order valence-electron chi connectivity index (χ2n) is 4.96. The monoisotopic (exact) mass is 275 g/mol. The summed E-state index contributed by atoms with van der Waals surface area (Å²) in [6.45, 7) is 3.00. The average molecular weight is 275 g/mol. The number of aromatic nitrogens is 1. The molecule has 4 heteroatoms. The van der Waals surface area contributed by atoms with Crippen LogP contribution in [0.3, 0.4) is 0 Å². The van der Waals surface area contributed by atoms with Crippen molar-refractivity contribution in [1.29, 1.82) is 0 Å². The predicted molar refractivity (Wildman–Crippen MR) is 82.9 cm³/mol. The molecule has 19 heavy (non-hydrogen) atoms. The van der Waals surface area contributed by atoms with E-state index < -0.39 is 0 Å². The van der Waals surface area contributed by atoms with Gasteiger partial charge in [-0.15, -0.1) is 11.3 Å². The van der Waals surface area contributed by atoms with Crippen molar-refractivity contribution in [2.75, 3.05) is 18.5 Å². The Morgan fingerprint density at radius 2 is 2.21 bits per heavy atom. The largest absolute Gasteiger partial charge is 0.359 e. The Hall–Kier alpha value is -1.39. The lowest BCUT2D eigenvalue weighted by atomic mass is 10.1. The van der Waals surface area contributed by atoms with Crippen molar-refractivity contribution < 1.29 is 0 Å². The van der Waals surface area contributed by atoms with E-state index in [1.807, 2.05) is 24.5 Å². The third-order valence-corrected chi connectivity index (χ3v) is 3.97. The van der Waals surface area contributed by atoms with Crippen molar-refractivity contribution in [1.82, 2.24) is 4.98 Å². The van der Waals surface area contributed by atoms with Gasteiger partial charge in [0.2, 0.25) is 0 Å². The molecule has 2 aromatic rings. The highest BCUT2D eigenvalue weighted by Crippen LogP contribution is 2.13. The third-order valence-electron chi connectivity index (χ3n) is 3.03. The summed E-state index contributed by atoms with van der Waals surface area (Å²) in [6, 6.07) is 8.65. The van der Waals surface area contributed by atoms with Gasteiger partial charge in [-0.25, -0.2) is 4.98 Å². The molecular formula is C15H21N3S. The quantitative estimate of drug-likeness (QED) is 0.881. The average Bonchev–Trinajstić information content (AvgIpc) is 2.89. The van der Waals surface area contributed by atoms with Gasteiger partial charge in [0.15, 0.2) is 0 Å². The van der Waals surface area contributed by atoms with Crippen molar-refractivity contribution in [3.63, 3.8) is 0 Å². The molecule has 0 radical (unpaired) electrons. The Kier molecular flexibility index (Phi) is 4.93. The lowest BCUT2D eigenvalue weighted by Gasteiger charge is -2.18. The summed E-state index contributed by atoms with van der Waals surface area (Å²) in [7, 11) is 2.08. The molecule has 0 saturated heterocycles. The fourth-order valence-electron chi connectivity index (χ4n) is 1.98.